The first-order chi connectivity index (χ1) is 25.8. The summed E-state index contributed by atoms with van der Waals surface area (Å²) in [7, 11) is 0. The Morgan fingerprint density at radius 3 is 1.44 bits per heavy atom. The quantitative estimate of drug-likeness (QED) is 0.166. The first-order valence-corrected chi connectivity index (χ1v) is 17.9. The highest BCUT2D eigenvalue weighted by molar-refractivity contribution is 6.26. The number of hydrogen-bond acceptors (Lipinski definition) is 0. The molecule has 52 heavy (non-hydrogen) atoms. The Kier molecular flexibility index (Phi) is 6.28. The van der Waals surface area contributed by atoms with E-state index in [9.17, 15) is 0 Å². The van der Waals surface area contributed by atoms with Gasteiger partial charge in [0, 0.05) is 27.5 Å². The molecule has 0 aliphatic rings. The third-order valence-corrected chi connectivity index (χ3v) is 10.9. The lowest BCUT2D eigenvalue weighted by atomic mass is 9.92. The van der Waals surface area contributed by atoms with Crippen molar-refractivity contribution in [3.05, 3.63) is 194 Å². The highest BCUT2D eigenvalue weighted by atomic mass is 15.0. The van der Waals surface area contributed by atoms with Gasteiger partial charge in [-0.3, -0.25) is 0 Å². The van der Waals surface area contributed by atoms with Crippen LogP contribution >= 0.6 is 0 Å². The molecule has 242 valence electrons. The van der Waals surface area contributed by atoms with Gasteiger partial charge in [0.25, 0.3) is 0 Å². The molecule has 0 aliphatic heterocycles. The van der Waals surface area contributed by atoms with Crippen molar-refractivity contribution in [3.8, 4) is 33.8 Å². The minimum absolute atomic E-state index is 1.15. The zero-order valence-corrected chi connectivity index (χ0v) is 28.4. The largest absolute Gasteiger partial charge is 0.309 e. The number of rotatable bonds is 4. The average Bonchev–Trinajstić information content (AvgIpc) is 3.78. The number of para-hydroxylation sites is 2. The van der Waals surface area contributed by atoms with Crippen molar-refractivity contribution in [2.24, 2.45) is 0 Å². The van der Waals surface area contributed by atoms with Gasteiger partial charge in [0.15, 0.2) is 0 Å². The van der Waals surface area contributed by atoms with E-state index in [2.05, 4.69) is 203 Å². The van der Waals surface area contributed by atoms with Crippen LogP contribution < -0.4 is 0 Å². The molecule has 9 aromatic carbocycles. The molecule has 11 aromatic rings. The summed E-state index contributed by atoms with van der Waals surface area (Å²) in [5, 5.41) is 11.5. The maximum atomic E-state index is 2.46. The molecule has 2 nitrogen and oxygen atoms in total. The van der Waals surface area contributed by atoms with Crippen molar-refractivity contribution in [1.82, 2.24) is 9.13 Å². The Morgan fingerprint density at radius 2 is 0.750 bits per heavy atom. The number of hydrogen-bond donors (Lipinski definition) is 0. The first kappa shape index (κ1) is 28.9. The van der Waals surface area contributed by atoms with Gasteiger partial charge in [-0.1, -0.05) is 146 Å². The molecule has 0 radical (unpaired) electrons. The van der Waals surface area contributed by atoms with E-state index in [1.807, 2.05) is 0 Å². The van der Waals surface area contributed by atoms with Crippen LogP contribution in [0, 0.1) is 0 Å². The molecule has 2 heterocycles. The van der Waals surface area contributed by atoms with Crippen molar-refractivity contribution < 1.29 is 0 Å². The van der Waals surface area contributed by atoms with Crippen molar-refractivity contribution in [2.75, 3.05) is 0 Å². The normalized spacial score (nSPS) is 11.8. The minimum atomic E-state index is 1.15. The molecule has 0 aliphatic carbocycles. The molecule has 0 saturated heterocycles. The standard InChI is InChI=1S/C50H32N2/c1-3-13-34(14-4-1)49-32-46-48(51(49)36-15-5-2-6-16-36)30-29-44-43-21-11-12-22-47(43)52(50(44)46)37-26-23-33(24-27-37)35-25-28-42-40-19-8-7-17-38(40)39-18-9-10-20-41(39)45(42)31-35/h1-32H. The highest BCUT2D eigenvalue weighted by Gasteiger charge is 2.20. The van der Waals surface area contributed by atoms with Crippen LogP contribution in [0.3, 0.4) is 0 Å². The monoisotopic (exact) mass is 660 g/mol. The Labute approximate surface area is 301 Å². The van der Waals surface area contributed by atoms with Gasteiger partial charge < -0.3 is 9.13 Å². The van der Waals surface area contributed by atoms with Crippen LogP contribution in [0.4, 0.5) is 0 Å². The molecular formula is C50H32N2. The summed E-state index contributed by atoms with van der Waals surface area (Å²) in [6, 6.07) is 70.9. The van der Waals surface area contributed by atoms with E-state index < -0.39 is 0 Å². The topological polar surface area (TPSA) is 9.86 Å². The van der Waals surface area contributed by atoms with Crippen molar-refractivity contribution in [3.63, 3.8) is 0 Å². The van der Waals surface area contributed by atoms with E-state index in [0.29, 0.717) is 0 Å². The second-order valence-corrected chi connectivity index (χ2v) is 13.7. The van der Waals surface area contributed by atoms with Crippen molar-refractivity contribution in [1.29, 1.82) is 0 Å². The molecule has 11 rings (SSSR count). The molecule has 0 bridgehead atoms. The molecule has 0 N–H and O–H groups in total. The summed E-state index contributed by atoms with van der Waals surface area (Å²) in [4.78, 5) is 0. The number of nitrogens with zero attached hydrogens (tertiary/aromatic N) is 2. The van der Waals surface area contributed by atoms with Gasteiger partial charge >= 0.3 is 0 Å². The first-order valence-electron chi connectivity index (χ1n) is 17.9. The van der Waals surface area contributed by atoms with Gasteiger partial charge in [-0.05, 0) is 97.5 Å². The maximum absolute atomic E-state index is 2.46. The molecular weight excluding hydrogens is 629 g/mol. The van der Waals surface area contributed by atoms with Gasteiger partial charge in [0.1, 0.15) is 0 Å². The molecule has 0 fully saturated rings. The molecule has 2 aromatic heterocycles. The van der Waals surface area contributed by atoms with E-state index >= 15 is 0 Å². The molecule has 0 saturated carbocycles. The van der Waals surface area contributed by atoms with Gasteiger partial charge in [-0.25, -0.2) is 0 Å². The average molecular weight is 661 g/mol. The number of benzene rings is 9. The van der Waals surface area contributed by atoms with Gasteiger partial charge in [-0.15, -0.1) is 0 Å². The summed E-state index contributed by atoms with van der Waals surface area (Å²) < 4.78 is 4.86. The van der Waals surface area contributed by atoms with E-state index in [1.165, 1.54) is 87.4 Å². The fraction of sp³-hybridized carbons (Fsp3) is 0. The smallest absolute Gasteiger partial charge is 0.0635 e. The maximum Gasteiger partial charge on any atom is 0.0635 e. The molecule has 0 amide bonds. The van der Waals surface area contributed by atoms with Crippen molar-refractivity contribution >= 4 is 65.0 Å². The lowest BCUT2D eigenvalue weighted by Gasteiger charge is -2.13. The van der Waals surface area contributed by atoms with E-state index in [0.717, 1.165) is 11.4 Å². The third-order valence-electron chi connectivity index (χ3n) is 10.9. The van der Waals surface area contributed by atoms with Crippen LogP contribution in [-0.2, 0) is 0 Å². The Morgan fingerprint density at radius 1 is 0.250 bits per heavy atom. The summed E-state index contributed by atoms with van der Waals surface area (Å²) in [5.74, 6) is 0. The fourth-order valence-corrected chi connectivity index (χ4v) is 8.58. The predicted octanol–water partition coefficient (Wildman–Crippen LogP) is 13.5. The van der Waals surface area contributed by atoms with E-state index in [4.69, 9.17) is 0 Å². The minimum Gasteiger partial charge on any atom is -0.309 e. The fourth-order valence-electron chi connectivity index (χ4n) is 8.58. The second kappa shape index (κ2) is 11.3. The Hall–Kier alpha value is -6.90. The summed E-state index contributed by atoms with van der Waals surface area (Å²) in [6.45, 7) is 0. The molecule has 0 atom stereocenters. The predicted molar refractivity (Wildman–Crippen MR) is 221 cm³/mol. The SMILES string of the molecule is c1ccc(-c2cc3c(ccc4c5ccccc5n(-c5ccc(-c6ccc7c8ccccc8c8ccccc8c7c6)cc5)c43)n2-c2ccccc2)cc1. The number of fused-ring (bicyclic) bond motifs is 11. The third kappa shape index (κ3) is 4.25. The van der Waals surface area contributed by atoms with Crippen LogP contribution in [0.15, 0.2) is 194 Å². The molecule has 0 spiro atoms. The van der Waals surface area contributed by atoms with Crippen LogP contribution in [0.5, 0.6) is 0 Å². The summed E-state index contributed by atoms with van der Waals surface area (Å²) in [6.07, 6.45) is 0. The van der Waals surface area contributed by atoms with Crippen LogP contribution in [-0.4, -0.2) is 9.13 Å². The Bertz CT molecular complexity index is 3110. The summed E-state index contributed by atoms with van der Waals surface area (Å²) in [5.41, 5.74) is 10.7. The van der Waals surface area contributed by atoms with Crippen LogP contribution in [0.25, 0.3) is 98.8 Å². The second-order valence-electron chi connectivity index (χ2n) is 13.7. The lowest BCUT2D eigenvalue weighted by Crippen LogP contribution is -1.97. The molecule has 0 unspecified atom stereocenters. The van der Waals surface area contributed by atoms with Gasteiger partial charge in [-0.2, -0.15) is 0 Å². The Balaban J connectivity index is 1.12. The van der Waals surface area contributed by atoms with E-state index in [1.54, 1.807) is 0 Å². The van der Waals surface area contributed by atoms with Crippen LogP contribution in [0.1, 0.15) is 0 Å². The zero-order valence-electron chi connectivity index (χ0n) is 28.4. The summed E-state index contributed by atoms with van der Waals surface area (Å²) >= 11 is 0. The van der Waals surface area contributed by atoms with Gasteiger partial charge in [0.05, 0.1) is 22.2 Å². The van der Waals surface area contributed by atoms with Crippen LogP contribution in [0.2, 0.25) is 0 Å². The van der Waals surface area contributed by atoms with E-state index in [-0.39, 0.29) is 0 Å². The highest BCUT2D eigenvalue weighted by Crippen LogP contribution is 2.42. The molecule has 2 heteroatoms. The van der Waals surface area contributed by atoms with Crippen molar-refractivity contribution in [2.45, 2.75) is 0 Å². The van der Waals surface area contributed by atoms with Gasteiger partial charge in [0.2, 0.25) is 0 Å². The zero-order chi connectivity index (χ0) is 34.2. The lowest BCUT2D eigenvalue weighted by molar-refractivity contribution is 1.13. The number of aromatic nitrogens is 2.